The number of hydrogen-bond acceptors (Lipinski definition) is 5. The smallest absolute Gasteiger partial charge is 0.173 e. The lowest BCUT2D eigenvalue weighted by Crippen LogP contribution is -2.44. The van der Waals surface area contributed by atoms with Gasteiger partial charge in [-0.25, -0.2) is 0 Å². The average Bonchev–Trinajstić information content (AvgIpc) is 3.08. The van der Waals surface area contributed by atoms with Crippen molar-refractivity contribution in [2.24, 2.45) is 0 Å². The largest absolute Gasteiger partial charge is 0.494 e. The molecule has 7 heteroatoms. The van der Waals surface area contributed by atoms with Gasteiger partial charge in [-0.05, 0) is 122 Å². The van der Waals surface area contributed by atoms with Crippen molar-refractivity contribution < 1.29 is 13.6 Å². The van der Waals surface area contributed by atoms with Crippen LogP contribution in [-0.4, -0.2) is 29.8 Å². The molecule has 0 saturated carbocycles. The molecule has 47 heavy (non-hydrogen) atoms. The van der Waals surface area contributed by atoms with Crippen molar-refractivity contribution in [2.75, 3.05) is 13.2 Å². The van der Waals surface area contributed by atoms with Gasteiger partial charge < -0.3 is 13.6 Å². The summed E-state index contributed by atoms with van der Waals surface area (Å²) in [7, 11) is -3.39. The summed E-state index contributed by atoms with van der Waals surface area (Å²) < 4.78 is 18.9. The number of rotatable bonds is 18. The third-order valence-electron chi connectivity index (χ3n) is 8.34. The molecule has 0 amide bonds. The molecule has 0 spiro atoms. The van der Waals surface area contributed by atoms with Crippen LogP contribution in [0.1, 0.15) is 49.7 Å². The highest BCUT2D eigenvalue weighted by Gasteiger charge is 2.32. The first-order valence-electron chi connectivity index (χ1n) is 16.8. The summed E-state index contributed by atoms with van der Waals surface area (Å²) in [5.41, 5.74) is 5.78. The first kappa shape index (κ1) is 35.7. The molecule has 4 rings (SSSR count). The Morgan fingerprint density at radius 2 is 0.766 bits per heavy atom. The molecule has 0 saturated heterocycles. The minimum absolute atomic E-state index is 0.674. The zero-order valence-electron chi connectivity index (χ0n) is 28.4. The molecular weight excluding hydrogens is 613 g/mol. The van der Waals surface area contributed by atoms with Crippen molar-refractivity contribution in [1.29, 1.82) is 10.5 Å². The van der Waals surface area contributed by atoms with Gasteiger partial charge in [0.15, 0.2) is 16.6 Å². The molecule has 0 unspecified atom stereocenters. The van der Waals surface area contributed by atoms with E-state index in [1.165, 1.54) is 24.9 Å². The Bertz CT molecular complexity index is 1480. The lowest BCUT2D eigenvalue weighted by molar-refractivity contribution is 0.305. The molecule has 0 bridgehead atoms. The molecule has 0 aliphatic heterocycles. The molecule has 5 nitrogen and oxygen atoms in total. The first-order valence-corrected chi connectivity index (χ1v) is 23.1. The van der Waals surface area contributed by atoms with Crippen LogP contribution in [0.15, 0.2) is 97.1 Å². The van der Waals surface area contributed by atoms with Crippen LogP contribution < -0.4 is 9.47 Å². The summed E-state index contributed by atoms with van der Waals surface area (Å²) in [4.78, 5) is 0. The van der Waals surface area contributed by atoms with Gasteiger partial charge in [-0.2, -0.15) is 10.5 Å². The van der Waals surface area contributed by atoms with Crippen LogP contribution in [-0.2, 0) is 4.12 Å². The molecule has 4 aromatic carbocycles. The Balaban J connectivity index is 1.05. The third kappa shape index (κ3) is 12.2. The van der Waals surface area contributed by atoms with Gasteiger partial charge in [0, 0.05) is 0 Å². The number of benzene rings is 4. The second kappa shape index (κ2) is 17.7. The molecule has 0 fully saturated rings. The molecule has 0 heterocycles. The monoisotopic (exact) mass is 660 g/mol. The van der Waals surface area contributed by atoms with Gasteiger partial charge in [0.05, 0.1) is 36.5 Å². The highest BCUT2D eigenvalue weighted by atomic mass is 28.4. The SMILES string of the molecule is C[Si](C)(CCCCCOc1ccc(-c2ccc(C#N)cc2)cc1)O[Si](C)(C)CCCCCOc1ccc(-c2ccc(C#N)cc2)cc1. The zero-order chi connectivity index (χ0) is 33.5. The number of hydrogen-bond donors (Lipinski definition) is 0. The highest BCUT2D eigenvalue weighted by molar-refractivity contribution is 6.84. The fraction of sp³-hybridized carbons (Fsp3) is 0.350. The minimum atomic E-state index is -1.70. The van der Waals surface area contributed by atoms with E-state index < -0.39 is 16.6 Å². The first-order chi connectivity index (χ1) is 22.7. The van der Waals surface area contributed by atoms with E-state index in [1.54, 1.807) is 0 Å². The molecule has 244 valence electrons. The lowest BCUT2D eigenvalue weighted by atomic mass is 10.0. The fourth-order valence-electron chi connectivity index (χ4n) is 5.85. The summed E-state index contributed by atoms with van der Waals surface area (Å²) in [6, 6.07) is 38.4. The molecular formula is C40H48N2O3Si2. The van der Waals surface area contributed by atoms with Crippen molar-refractivity contribution >= 4 is 16.6 Å². The molecule has 0 radical (unpaired) electrons. The predicted molar refractivity (Wildman–Crippen MR) is 198 cm³/mol. The quantitative estimate of drug-likeness (QED) is 0.0784. The van der Waals surface area contributed by atoms with Crippen LogP contribution in [0.2, 0.25) is 38.3 Å². The van der Waals surface area contributed by atoms with Crippen molar-refractivity contribution in [2.45, 2.75) is 76.8 Å². The summed E-state index contributed by atoms with van der Waals surface area (Å²) in [6.45, 7) is 11.0. The molecule has 0 aliphatic carbocycles. The van der Waals surface area contributed by atoms with Gasteiger partial charge in [-0.15, -0.1) is 0 Å². The van der Waals surface area contributed by atoms with Gasteiger partial charge in [0.25, 0.3) is 0 Å². The second-order valence-corrected chi connectivity index (χ2v) is 22.2. The maximum absolute atomic E-state index is 8.99. The number of unbranched alkanes of at least 4 members (excludes halogenated alkanes) is 4. The summed E-state index contributed by atoms with van der Waals surface area (Å²) >= 11 is 0. The Morgan fingerprint density at radius 3 is 1.09 bits per heavy atom. The summed E-state index contributed by atoms with van der Waals surface area (Å²) in [5, 5.41) is 18.0. The lowest BCUT2D eigenvalue weighted by Gasteiger charge is -2.34. The van der Waals surface area contributed by atoms with Crippen LogP contribution in [0, 0.1) is 22.7 Å². The van der Waals surface area contributed by atoms with E-state index in [4.69, 9.17) is 24.1 Å². The van der Waals surface area contributed by atoms with Crippen LogP contribution in [0.3, 0.4) is 0 Å². The van der Waals surface area contributed by atoms with E-state index in [0.717, 1.165) is 72.6 Å². The van der Waals surface area contributed by atoms with Crippen molar-refractivity contribution in [3.05, 3.63) is 108 Å². The molecule has 0 aromatic heterocycles. The van der Waals surface area contributed by atoms with Crippen LogP contribution in [0.5, 0.6) is 11.5 Å². The Hall–Kier alpha value is -4.15. The highest BCUT2D eigenvalue weighted by Crippen LogP contribution is 2.27. The Kier molecular flexibility index (Phi) is 13.4. The average molecular weight is 661 g/mol. The van der Waals surface area contributed by atoms with Crippen LogP contribution in [0.4, 0.5) is 0 Å². The summed E-state index contributed by atoms with van der Waals surface area (Å²) in [6.07, 6.45) is 6.79. The molecule has 0 atom stereocenters. The van der Waals surface area contributed by atoms with E-state index in [9.17, 15) is 0 Å². The standard InChI is InChI=1S/C40H48N2O3Si2/c1-46(2,29-9-5-7-27-43-39-23-19-37(20-24-39)35-15-11-33(31-41)12-16-35)45-47(3,4)30-10-6-8-28-44-40-25-21-38(22-26-40)36-17-13-34(32-42)14-18-36/h11-26H,5-10,27-30H2,1-4H3. The number of nitrogens with zero attached hydrogens (tertiary/aromatic N) is 2. The van der Waals surface area contributed by atoms with Crippen LogP contribution >= 0.6 is 0 Å². The topological polar surface area (TPSA) is 75.3 Å². The van der Waals surface area contributed by atoms with E-state index in [1.807, 2.05) is 72.8 Å². The van der Waals surface area contributed by atoms with Gasteiger partial charge in [0.2, 0.25) is 0 Å². The fourth-order valence-corrected chi connectivity index (χ4v) is 14.9. The zero-order valence-corrected chi connectivity index (χ0v) is 30.4. The predicted octanol–water partition coefficient (Wildman–Crippen LogP) is 11.0. The second-order valence-electron chi connectivity index (χ2n) is 13.4. The van der Waals surface area contributed by atoms with E-state index in [2.05, 4.69) is 62.6 Å². The van der Waals surface area contributed by atoms with Gasteiger partial charge >= 0.3 is 0 Å². The van der Waals surface area contributed by atoms with Gasteiger partial charge in [-0.3, -0.25) is 0 Å². The maximum Gasteiger partial charge on any atom is 0.173 e. The Labute approximate surface area is 284 Å². The van der Waals surface area contributed by atoms with Gasteiger partial charge in [0.1, 0.15) is 11.5 Å². The third-order valence-corrected chi connectivity index (χ3v) is 15.9. The van der Waals surface area contributed by atoms with E-state index in [-0.39, 0.29) is 0 Å². The van der Waals surface area contributed by atoms with Crippen molar-refractivity contribution in [3.63, 3.8) is 0 Å². The maximum atomic E-state index is 8.99. The van der Waals surface area contributed by atoms with Crippen molar-refractivity contribution in [3.8, 4) is 45.9 Å². The van der Waals surface area contributed by atoms with E-state index in [0.29, 0.717) is 11.1 Å². The molecule has 0 N–H and O–H groups in total. The molecule has 0 aliphatic rings. The number of nitriles is 2. The van der Waals surface area contributed by atoms with Crippen molar-refractivity contribution in [1.82, 2.24) is 0 Å². The van der Waals surface area contributed by atoms with Crippen LogP contribution in [0.25, 0.3) is 22.3 Å². The summed E-state index contributed by atoms with van der Waals surface area (Å²) in [5.74, 6) is 1.80. The Morgan fingerprint density at radius 1 is 0.447 bits per heavy atom. The normalized spacial score (nSPS) is 11.4. The van der Waals surface area contributed by atoms with E-state index >= 15 is 0 Å². The molecule has 4 aromatic rings. The minimum Gasteiger partial charge on any atom is -0.494 e. The van der Waals surface area contributed by atoms with Gasteiger partial charge in [-0.1, -0.05) is 74.2 Å². The number of ether oxygens (including phenoxy) is 2.